The van der Waals surface area contributed by atoms with Crippen molar-refractivity contribution in [3.8, 4) is 11.8 Å². The van der Waals surface area contributed by atoms with Gasteiger partial charge < -0.3 is 4.74 Å². The fourth-order valence-electron chi connectivity index (χ4n) is 1.74. The molecule has 2 aromatic rings. The zero-order chi connectivity index (χ0) is 13.8. The third-order valence-corrected chi connectivity index (χ3v) is 3.04. The maximum absolute atomic E-state index is 13.4. The highest BCUT2D eigenvalue weighted by atomic mass is 19.1. The molecule has 0 fully saturated rings. The van der Waals surface area contributed by atoms with Crippen molar-refractivity contribution in [3.63, 3.8) is 0 Å². The summed E-state index contributed by atoms with van der Waals surface area (Å²) in [4.78, 5) is 0. The summed E-state index contributed by atoms with van der Waals surface area (Å²) in [7, 11) is 0. The molecule has 2 aromatic carbocycles. The van der Waals surface area contributed by atoms with E-state index in [1.165, 1.54) is 23.3 Å². The number of halogens is 1. The quantitative estimate of drug-likeness (QED) is 0.833. The third kappa shape index (κ3) is 3.11. The van der Waals surface area contributed by atoms with E-state index < -0.39 is 5.82 Å². The van der Waals surface area contributed by atoms with Gasteiger partial charge in [-0.15, -0.1) is 0 Å². The van der Waals surface area contributed by atoms with Crippen LogP contribution < -0.4 is 4.74 Å². The second-order valence-electron chi connectivity index (χ2n) is 4.46. The minimum Gasteiger partial charge on any atom is -0.489 e. The summed E-state index contributed by atoms with van der Waals surface area (Å²) in [6.45, 7) is 4.47. The molecule has 0 heterocycles. The Bertz CT molecular complexity index is 644. The summed E-state index contributed by atoms with van der Waals surface area (Å²) in [6.07, 6.45) is 0. The SMILES string of the molecule is Cc1ccc(COc2ccc(C#N)c(F)c2)cc1C. The van der Waals surface area contributed by atoms with Gasteiger partial charge in [0, 0.05) is 6.07 Å². The molecular weight excluding hydrogens is 241 g/mol. The lowest BCUT2D eigenvalue weighted by Crippen LogP contribution is -1.97. The van der Waals surface area contributed by atoms with Gasteiger partial charge in [0.1, 0.15) is 24.2 Å². The number of nitrogens with zero attached hydrogens (tertiary/aromatic N) is 1. The van der Waals surface area contributed by atoms with Crippen LogP contribution in [-0.2, 0) is 6.61 Å². The lowest BCUT2D eigenvalue weighted by molar-refractivity contribution is 0.304. The first-order chi connectivity index (χ1) is 9.10. The molecule has 0 saturated heterocycles. The van der Waals surface area contributed by atoms with Crippen molar-refractivity contribution in [3.05, 3.63) is 64.5 Å². The highest BCUT2D eigenvalue weighted by Gasteiger charge is 2.04. The van der Waals surface area contributed by atoms with E-state index in [1.54, 1.807) is 12.1 Å². The van der Waals surface area contributed by atoms with Crippen molar-refractivity contribution in [2.75, 3.05) is 0 Å². The standard InChI is InChI=1S/C16H14FNO/c1-11-3-4-13(7-12(11)2)10-19-15-6-5-14(9-18)16(17)8-15/h3-8H,10H2,1-2H3. The molecule has 19 heavy (non-hydrogen) atoms. The second-order valence-corrected chi connectivity index (χ2v) is 4.46. The van der Waals surface area contributed by atoms with Gasteiger partial charge in [-0.05, 0) is 42.7 Å². The monoisotopic (exact) mass is 255 g/mol. The van der Waals surface area contributed by atoms with Crippen LogP contribution in [0.5, 0.6) is 5.75 Å². The van der Waals surface area contributed by atoms with E-state index >= 15 is 0 Å². The maximum atomic E-state index is 13.4. The molecular formula is C16H14FNO. The molecule has 0 unspecified atom stereocenters. The Morgan fingerprint density at radius 2 is 1.89 bits per heavy atom. The molecule has 0 spiro atoms. The van der Waals surface area contributed by atoms with Gasteiger partial charge in [-0.1, -0.05) is 18.2 Å². The molecule has 2 rings (SSSR count). The molecule has 0 atom stereocenters. The van der Waals surface area contributed by atoms with Gasteiger partial charge in [-0.25, -0.2) is 4.39 Å². The second kappa shape index (κ2) is 5.53. The van der Waals surface area contributed by atoms with E-state index in [1.807, 2.05) is 19.1 Å². The fraction of sp³-hybridized carbons (Fsp3) is 0.188. The number of benzene rings is 2. The van der Waals surface area contributed by atoms with E-state index in [9.17, 15) is 4.39 Å². The van der Waals surface area contributed by atoms with Crippen molar-refractivity contribution in [2.45, 2.75) is 20.5 Å². The Kier molecular flexibility index (Phi) is 3.82. The molecule has 2 nitrogen and oxygen atoms in total. The van der Waals surface area contributed by atoms with Crippen LogP contribution in [0.4, 0.5) is 4.39 Å². The van der Waals surface area contributed by atoms with Gasteiger partial charge in [0.2, 0.25) is 0 Å². The van der Waals surface area contributed by atoms with Gasteiger partial charge >= 0.3 is 0 Å². The van der Waals surface area contributed by atoms with Gasteiger partial charge in [0.25, 0.3) is 0 Å². The van der Waals surface area contributed by atoms with Crippen LogP contribution in [0.15, 0.2) is 36.4 Å². The van der Waals surface area contributed by atoms with Crippen molar-refractivity contribution in [1.82, 2.24) is 0 Å². The Morgan fingerprint density at radius 1 is 1.11 bits per heavy atom. The normalized spacial score (nSPS) is 10.0. The van der Waals surface area contributed by atoms with Crippen molar-refractivity contribution in [2.24, 2.45) is 0 Å². The summed E-state index contributed by atoms with van der Waals surface area (Å²) >= 11 is 0. The Labute approximate surface area is 112 Å². The lowest BCUT2D eigenvalue weighted by atomic mass is 10.1. The minimum atomic E-state index is -0.555. The summed E-state index contributed by atoms with van der Waals surface area (Å²) < 4.78 is 18.9. The summed E-state index contributed by atoms with van der Waals surface area (Å²) in [5, 5.41) is 8.64. The van der Waals surface area contributed by atoms with E-state index in [0.29, 0.717) is 12.4 Å². The van der Waals surface area contributed by atoms with Crippen LogP contribution in [-0.4, -0.2) is 0 Å². The predicted octanol–water partition coefficient (Wildman–Crippen LogP) is 3.89. The molecule has 0 radical (unpaired) electrons. The minimum absolute atomic E-state index is 0.0264. The number of rotatable bonds is 3. The number of hydrogen-bond donors (Lipinski definition) is 0. The van der Waals surface area contributed by atoms with Crippen LogP contribution in [0.25, 0.3) is 0 Å². The van der Waals surface area contributed by atoms with E-state index in [4.69, 9.17) is 10.00 Å². The smallest absolute Gasteiger partial charge is 0.144 e. The molecule has 0 N–H and O–H groups in total. The molecule has 96 valence electrons. The van der Waals surface area contributed by atoms with Gasteiger partial charge in [0.15, 0.2) is 0 Å². The zero-order valence-electron chi connectivity index (χ0n) is 10.9. The zero-order valence-corrected chi connectivity index (χ0v) is 10.9. The third-order valence-electron chi connectivity index (χ3n) is 3.04. The van der Waals surface area contributed by atoms with Gasteiger partial charge in [-0.3, -0.25) is 0 Å². The van der Waals surface area contributed by atoms with Crippen LogP contribution >= 0.6 is 0 Å². The van der Waals surface area contributed by atoms with E-state index in [2.05, 4.69) is 13.0 Å². The van der Waals surface area contributed by atoms with Gasteiger partial charge in [-0.2, -0.15) is 5.26 Å². The number of aryl methyl sites for hydroxylation is 2. The largest absolute Gasteiger partial charge is 0.489 e. The molecule has 3 heteroatoms. The highest BCUT2D eigenvalue weighted by molar-refractivity contribution is 5.36. The first-order valence-corrected chi connectivity index (χ1v) is 5.99. The predicted molar refractivity (Wildman–Crippen MR) is 71.4 cm³/mol. The van der Waals surface area contributed by atoms with Crippen molar-refractivity contribution >= 4 is 0 Å². The Balaban J connectivity index is 2.08. The average Bonchev–Trinajstić information content (AvgIpc) is 2.40. The first kappa shape index (κ1) is 13.1. The van der Waals surface area contributed by atoms with Crippen LogP contribution in [0.1, 0.15) is 22.3 Å². The molecule has 0 saturated carbocycles. The molecule has 0 amide bonds. The Morgan fingerprint density at radius 3 is 2.53 bits per heavy atom. The number of nitriles is 1. The Hall–Kier alpha value is -2.34. The maximum Gasteiger partial charge on any atom is 0.144 e. The molecule has 0 aliphatic rings. The van der Waals surface area contributed by atoms with E-state index in [0.717, 1.165) is 5.56 Å². The highest BCUT2D eigenvalue weighted by Crippen LogP contribution is 2.18. The molecule has 0 aliphatic carbocycles. The lowest BCUT2D eigenvalue weighted by Gasteiger charge is -2.08. The number of hydrogen-bond acceptors (Lipinski definition) is 2. The number of ether oxygens (including phenoxy) is 1. The molecule has 0 aliphatic heterocycles. The van der Waals surface area contributed by atoms with Crippen LogP contribution in [0.2, 0.25) is 0 Å². The van der Waals surface area contributed by atoms with Gasteiger partial charge in [0.05, 0.1) is 5.56 Å². The van der Waals surface area contributed by atoms with Crippen molar-refractivity contribution in [1.29, 1.82) is 5.26 Å². The summed E-state index contributed by atoms with van der Waals surface area (Å²) in [5.74, 6) is -0.130. The topological polar surface area (TPSA) is 33.0 Å². The van der Waals surface area contributed by atoms with Crippen LogP contribution in [0.3, 0.4) is 0 Å². The average molecular weight is 255 g/mol. The molecule has 0 aromatic heterocycles. The first-order valence-electron chi connectivity index (χ1n) is 5.99. The summed E-state index contributed by atoms with van der Waals surface area (Å²) in [6, 6.07) is 12.1. The van der Waals surface area contributed by atoms with Crippen molar-refractivity contribution < 1.29 is 9.13 Å². The fourth-order valence-corrected chi connectivity index (χ4v) is 1.74. The van der Waals surface area contributed by atoms with E-state index in [-0.39, 0.29) is 5.56 Å². The molecule has 0 bridgehead atoms. The summed E-state index contributed by atoms with van der Waals surface area (Å²) in [5.41, 5.74) is 3.49. The van der Waals surface area contributed by atoms with Crippen LogP contribution in [0, 0.1) is 31.0 Å².